The molecule has 1 aromatic carbocycles. The maximum Gasteiger partial charge on any atom is 0.304 e. The van der Waals surface area contributed by atoms with E-state index in [1.807, 2.05) is 11.9 Å². The van der Waals surface area contributed by atoms with Crippen molar-refractivity contribution in [2.45, 2.75) is 46.1 Å². The Kier molecular flexibility index (Phi) is 5.12. The monoisotopic (exact) mass is 263 g/mol. The first kappa shape index (κ1) is 15.7. The van der Waals surface area contributed by atoms with Crippen LogP contribution < -0.4 is 0 Å². The Morgan fingerprint density at radius 3 is 2.42 bits per heavy atom. The Bertz CT molecular complexity index is 447. The van der Waals surface area contributed by atoms with Crippen LogP contribution in [0.25, 0.3) is 0 Å². The van der Waals surface area contributed by atoms with Gasteiger partial charge in [-0.05, 0) is 36.1 Å². The fourth-order valence-corrected chi connectivity index (χ4v) is 2.00. The van der Waals surface area contributed by atoms with Crippen LogP contribution in [-0.4, -0.2) is 29.6 Å². The summed E-state index contributed by atoms with van der Waals surface area (Å²) in [6.45, 7) is 10.1. The molecule has 0 aliphatic heterocycles. The van der Waals surface area contributed by atoms with Crippen molar-refractivity contribution in [2.24, 2.45) is 0 Å². The molecule has 0 fully saturated rings. The summed E-state index contributed by atoms with van der Waals surface area (Å²) in [6, 6.07) is 6.57. The third kappa shape index (κ3) is 5.03. The van der Waals surface area contributed by atoms with Crippen LogP contribution >= 0.6 is 0 Å². The van der Waals surface area contributed by atoms with Gasteiger partial charge in [0.1, 0.15) is 0 Å². The molecule has 0 saturated heterocycles. The van der Waals surface area contributed by atoms with E-state index in [2.05, 4.69) is 45.9 Å². The van der Waals surface area contributed by atoms with Crippen LogP contribution in [0.3, 0.4) is 0 Å². The lowest BCUT2D eigenvalue weighted by Crippen LogP contribution is -2.22. The lowest BCUT2D eigenvalue weighted by molar-refractivity contribution is -0.137. The second kappa shape index (κ2) is 6.20. The van der Waals surface area contributed by atoms with Gasteiger partial charge in [0.2, 0.25) is 0 Å². The Morgan fingerprint density at radius 1 is 1.32 bits per heavy atom. The van der Waals surface area contributed by atoms with Crippen molar-refractivity contribution >= 4 is 5.97 Å². The molecule has 0 saturated carbocycles. The first-order valence-electron chi connectivity index (χ1n) is 6.70. The Morgan fingerprint density at radius 2 is 1.95 bits per heavy atom. The first-order chi connectivity index (χ1) is 8.70. The molecule has 0 unspecified atom stereocenters. The largest absolute Gasteiger partial charge is 0.481 e. The molecule has 106 valence electrons. The summed E-state index contributed by atoms with van der Waals surface area (Å²) < 4.78 is 0. The van der Waals surface area contributed by atoms with Crippen LogP contribution in [0.4, 0.5) is 0 Å². The summed E-state index contributed by atoms with van der Waals surface area (Å²) in [5.74, 6) is -0.744. The average molecular weight is 263 g/mol. The van der Waals surface area contributed by atoms with Gasteiger partial charge in [-0.2, -0.15) is 0 Å². The van der Waals surface area contributed by atoms with Crippen LogP contribution in [0, 0.1) is 6.92 Å². The zero-order valence-corrected chi connectivity index (χ0v) is 12.7. The summed E-state index contributed by atoms with van der Waals surface area (Å²) in [5, 5.41) is 8.68. The first-order valence-corrected chi connectivity index (χ1v) is 6.70. The molecule has 1 aromatic rings. The van der Waals surface area contributed by atoms with E-state index in [1.165, 1.54) is 16.7 Å². The van der Waals surface area contributed by atoms with Crippen molar-refractivity contribution in [3.8, 4) is 0 Å². The van der Waals surface area contributed by atoms with Gasteiger partial charge in [-0.25, -0.2) is 0 Å². The number of carboxylic acid groups (broad SMARTS) is 1. The lowest BCUT2D eigenvalue weighted by atomic mass is 9.85. The van der Waals surface area contributed by atoms with E-state index in [9.17, 15) is 4.79 Å². The highest BCUT2D eigenvalue weighted by molar-refractivity contribution is 5.66. The van der Waals surface area contributed by atoms with Crippen molar-refractivity contribution in [3.05, 3.63) is 34.9 Å². The van der Waals surface area contributed by atoms with Gasteiger partial charge in [-0.3, -0.25) is 4.79 Å². The zero-order chi connectivity index (χ0) is 14.6. The third-order valence-corrected chi connectivity index (χ3v) is 3.36. The van der Waals surface area contributed by atoms with Crippen LogP contribution in [0.2, 0.25) is 0 Å². The quantitative estimate of drug-likeness (QED) is 0.887. The van der Waals surface area contributed by atoms with Gasteiger partial charge < -0.3 is 10.0 Å². The van der Waals surface area contributed by atoms with Crippen LogP contribution in [0.15, 0.2) is 18.2 Å². The minimum atomic E-state index is -0.744. The number of hydrogen-bond donors (Lipinski definition) is 1. The van der Waals surface area contributed by atoms with Gasteiger partial charge in [0.25, 0.3) is 0 Å². The molecule has 19 heavy (non-hydrogen) atoms. The van der Waals surface area contributed by atoms with Gasteiger partial charge in [-0.1, -0.05) is 39.0 Å². The van der Waals surface area contributed by atoms with E-state index in [-0.39, 0.29) is 11.8 Å². The summed E-state index contributed by atoms with van der Waals surface area (Å²) in [6.07, 6.45) is 0.190. The number of aryl methyl sites for hydroxylation is 1. The van der Waals surface area contributed by atoms with Gasteiger partial charge in [0, 0.05) is 13.1 Å². The number of nitrogens with zero attached hydrogens (tertiary/aromatic N) is 1. The molecule has 1 rings (SSSR count). The van der Waals surface area contributed by atoms with E-state index >= 15 is 0 Å². The fraction of sp³-hybridized carbons (Fsp3) is 0.562. The highest BCUT2D eigenvalue weighted by Gasteiger charge is 2.14. The van der Waals surface area contributed by atoms with Crippen molar-refractivity contribution in [2.75, 3.05) is 13.6 Å². The fourth-order valence-electron chi connectivity index (χ4n) is 2.00. The van der Waals surface area contributed by atoms with Gasteiger partial charge in [0.05, 0.1) is 6.42 Å². The van der Waals surface area contributed by atoms with E-state index in [4.69, 9.17) is 5.11 Å². The molecule has 0 spiro atoms. The van der Waals surface area contributed by atoms with Crippen molar-refractivity contribution < 1.29 is 9.90 Å². The Labute approximate surface area is 116 Å². The summed E-state index contributed by atoms with van der Waals surface area (Å²) >= 11 is 0. The number of carbonyl (C=O) groups is 1. The second-order valence-electron chi connectivity index (χ2n) is 6.27. The van der Waals surface area contributed by atoms with E-state index in [0.717, 1.165) is 6.54 Å². The molecule has 0 bridgehead atoms. The highest BCUT2D eigenvalue weighted by Crippen LogP contribution is 2.24. The van der Waals surface area contributed by atoms with Gasteiger partial charge in [-0.15, -0.1) is 0 Å². The van der Waals surface area contributed by atoms with E-state index < -0.39 is 5.97 Å². The zero-order valence-electron chi connectivity index (χ0n) is 12.7. The molecule has 0 amide bonds. The molecule has 0 aromatic heterocycles. The van der Waals surface area contributed by atoms with Gasteiger partial charge in [0.15, 0.2) is 0 Å². The molecule has 3 heteroatoms. The molecule has 0 atom stereocenters. The molecule has 3 nitrogen and oxygen atoms in total. The normalized spacial score (nSPS) is 11.9. The number of hydrogen-bond acceptors (Lipinski definition) is 2. The standard InChI is InChI=1S/C16H25NO2/c1-12-10-14(16(2,3)4)7-6-13(12)11-17(5)9-8-15(18)19/h6-7,10H,8-9,11H2,1-5H3,(H,18,19). The minimum Gasteiger partial charge on any atom is -0.481 e. The van der Waals surface area contributed by atoms with E-state index in [1.54, 1.807) is 0 Å². The molecular formula is C16H25NO2. The number of aliphatic carboxylic acids is 1. The maximum absolute atomic E-state index is 10.6. The summed E-state index contributed by atoms with van der Waals surface area (Å²) in [7, 11) is 1.96. The smallest absolute Gasteiger partial charge is 0.304 e. The van der Waals surface area contributed by atoms with Crippen molar-refractivity contribution in [1.82, 2.24) is 4.90 Å². The Hall–Kier alpha value is -1.35. The molecule has 0 radical (unpaired) electrons. The molecule has 1 N–H and O–H groups in total. The molecule has 0 aliphatic rings. The summed E-state index contributed by atoms with van der Waals surface area (Å²) in [4.78, 5) is 12.6. The SMILES string of the molecule is Cc1cc(C(C)(C)C)ccc1CN(C)CCC(=O)O. The Balaban J connectivity index is 2.72. The topological polar surface area (TPSA) is 40.5 Å². The van der Waals surface area contributed by atoms with Crippen LogP contribution in [0.1, 0.15) is 43.9 Å². The predicted octanol–water partition coefficient (Wildman–Crippen LogP) is 3.20. The van der Waals surface area contributed by atoms with Crippen LogP contribution in [0.5, 0.6) is 0 Å². The van der Waals surface area contributed by atoms with E-state index in [0.29, 0.717) is 6.54 Å². The van der Waals surface area contributed by atoms with Crippen molar-refractivity contribution in [1.29, 1.82) is 0 Å². The maximum atomic E-state index is 10.6. The number of benzene rings is 1. The summed E-state index contributed by atoms with van der Waals surface area (Å²) in [5.41, 5.74) is 4.04. The highest BCUT2D eigenvalue weighted by atomic mass is 16.4. The van der Waals surface area contributed by atoms with Gasteiger partial charge >= 0.3 is 5.97 Å². The van der Waals surface area contributed by atoms with Crippen LogP contribution in [-0.2, 0) is 16.8 Å². The average Bonchev–Trinajstić information content (AvgIpc) is 2.27. The lowest BCUT2D eigenvalue weighted by Gasteiger charge is -2.22. The third-order valence-electron chi connectivity index (χ3n) is 3.36. The molecular weight excluding hydrogens is 238 g/mol. The molecule has 0 aliphatic carbocycles. The van der Waals surface area contributed by atoms with Crippen molar-refractivity contribution in [3.63, 3.8) is 0 Å². The number of carboxylic acids is 1. The second-order valence-corrected chi connectivity index (χ2v) is 6.27. The minimum absolute atomic E-state index is 0.165. The number of rotatable bonds is 5. The molecule has 0 heterocycles. The predicted molar refractivity (Wildman–Crippen MR) is 78.5 cm³/mol.